The number of nitro benzene ring substituents is 1. The van der Waals surface area contributed by atoms with E-state index in [0.717, 1.165) is 18.2 Å². The summed E-state index contributed by atoms with van der Waals surface area (Å²) in [5.74, 6) is 5.58. The van der Waals surface area contributed by atoms with Gasteiger partial charge in [0.1, 0.15) is 5.69 Å². The van der Waals surface area contributed by atoms with Gasteiger partial charge in [-0.15, -0.1) is 0 Å². The highest BCUT2D eigenvalue weighted by Gasteiger charge is 2.21. The molecule has 1 unspecified atom stereocenters. The Bertz CT molecular complexity index is 541. The Morgan fingerprint density at radius 3 is 2.71 bits per heavy atom. The van der Waals surface area contributed by atoms with Crippen LogP contribution in [0.2, 0.25) is 5.02 Å². The van der Waals surface area contributed by atoms with Crippen molar-refractivity contribution >= 4 is 40.6 Å². The van der Waals surface area contributed by atoms with Gasteiger partial charge in [-0.1, -0.05) is 18.5 Å². The first-order valence-electron chi connectivity index (χ1n) is 6.18. The number of hydrazine groups is 1. The van der Waals surface area contributed by atoms with Gasteiger partial charge in [-0.3, -0.25) is 20.8 Å². The van der Waals surface area contributed by atoms with Crippen molar-refractivity contribution in [3.8, 4) is 0 Å². The summed E-state index contributed by atoms with van der Waals surface area (Å²) in [5, 5.41) is 13.8. The SMILES string of the molecule is CCC(CSC)NC(=O)c1cc(Cl)c(NN)c([N+](=O)[O-])c1. The second-order valence-electron chi connectivity index (χ2n) is 4.29. The lowest BCUT2D eigenvalue weighted by atomic mass is 10.1. The predicted octanol–water partition coefficient (Wildman–Crippen LogP) is 2.41. The van der Waals surface area contributed by atoms with E-state index in [1.807, 2.05) is 13.2 Å². The number of nitrogen functional groups attached to an aromatic ring is 1. The molecule has 116 valence electrons. The number of nitrogens with two attached hydrogens (primary N) is 1. The monoisotopic (exact) mass is 332 g/mol. The molecular formula is C12H17ClN4O3S. The number of hydrogen-bond donors (Lipinski definition) is 3. The van der Waals surface area contributed by atoms with Gasteiger partial charge in [0.15, 0.2) is 0 Å². The van der Waals surface area contributed by atoms with Gasteiger partial charge in [-0.2, -0.15) is 11.8 Å². The average molecular weight is 333 g/mol. The van der Waals surface area contributed by atoms with E-state index in [2.05, 4.69) is 10.7 Å². The van der Waals surface area contributed by atoms with E-state index >= 15 is 0 Å². The molecule has 1 aromatic rings. The molecule has 9 heteroatoms. The Labute approximate surface area is 131 Å². The first-order valence-corrected chi connectivity index (χ1v) is 7.96. The van der Waals surface area contributed by atoms with Crippen LogP contribution in [-0.4, -0.2) is 28.9 Å². The fourth-order valence-corrected chi connectivity index (χ4v) is 2.73. The summed E-state index contributed by atoms with van der Waals surface area (Å²) < 4.78 is 0. The Kier molecular flexibility index (Phi) is 6.73. The highest BCUT2D eigenvalue weighted by Crippen LogP contribution is 2.33. The lowest BCUT2D eigenvalue weighted by molar-refractivity contribution is -0.384. The summed E-state index contributed by atoms with van der Waals surface area (Å²) >= 11 is 7.54. The van der Waals surface area contributed by atoms with Crippen LogP contribution >= 0.6 is 23.4 Å². The molecule has 1 atom stereocenters. The van der Waals surface area contributed by atoms with Gasteiger partial charge >= 0.3 is 0 Å². The molecule has 4 N–H and O–H groups in total. The second kappa shape index (κ2) is 8.06. The largest absolute Gasteiger partial charge is 0.348 e. The van der Waals surface area contributed by atoms with Crippen LogP contribution in [0.5, 0.6) is 0 Å². The van der Waals surface area contributed by atoms with E-state index < -0.39 is 10.8 Å². The minimum Gasteiger partial charge on any atom is -0.348 e. The highest BCUT2D eigenvalue weighted by molar-refractivity contribution is 7.98. The highest BCUT2D eigenvalue weighted by atomic mass is 35.5. The summed E-state index contributed by atoms with van der Waals surface area (Å²) in [6.45, 7) is 1.96. The number of nitro groups is 1. The number of carbonyl (C=O) groups is 1. The number of anilines is 1. The summed E-state index contributed by atoms with van der Waals surface area (Å²) in [7, 11) is 0. The molecule has 0 bridgehead atoms. The Morgan fingerprint density at radius 1 is 1.57 bits per heavy atom. The standard InChI is InChI=1S/C12H17ClN4O3S/c1-3-8(6-21-2)15-12(18)7-4-9(13)11(16-14)10(5-7)17(19)20/h4-5,8,16H,3,6,14H2,1-2H3,(H,15,18). The van der Waals surface area contributed by atoms with Crippen LogP contribution in [0, 0.1) is 10.1 Å². The van der Waals surface area contributed by atoms with Crippen LogP contribution in [0.3, 0.4) is 0 Å². The summed E-state index contributed by atoms with van der Waals surface area (Å²) in [5.41, 5.74) is 1.95. The van der Waals surface area contributed by atoms with Gasteiger partial charge in [0.25, 0.3) is 11.6 Å². The third-order valence-electron chi connectivity index (χ3n) is 2.87. The fourth-order valence-electron chi connectivity index (χ4n) is 1.74. The van der Waals surface area contributed by atoms with Gasteiger partial charge in [0.05, 0.1) is 9.95 Å². The van der Waals surface area contributed by atoms with E-state index in [1.165, 1.54) is 6.07 Å². The smallest absolute Gasteiger partial charge is 0.295 e. The molecule has 0 aliphatic heterocycles. The molecule has 0 fully saturated rings. The molecule has 0 aromatic heterocycles. The summed E-state index contributed by atoms with van der Waals surface area (Å²) in [6.07, 6.45) is 2.71. The first kappa shape index (κ1) is 17.5. The molecule has 1 amide bonds. The van der Waals surface area contributed by atoms with Gasteiger partial charge in [-0.25, -0.2) is 0 Å². The number of nitrogens with one attached hydrogen (secondary N) is 2. The maximum atomic E-state index is 12.2. The van der Waals surface area contributed by atoms with E-state index in [1.54, 1.807) is 11.8 Å². The number of halogens is 1. The van der Waals surface area contributed by atoms with Crippen molar-refractivity contribution in [3.63, 3.8) is 0 Å². The van der Waals surface area contributed by atoms with E-state index in [9.17, 15) is 14.9 Å². The van der Waals surface area contributed by atoms with Crippen LogP contribution in [0.4, 0.5) is 11.4 Å². The van der Waals surface area contributed by atoms with Crippen LogP contribution in [0.15, 0.2) is 12.1 Å². The van der Waals surface area contributed by atoms with Gasteiger partial charge in [-0.05, 0) is 18.7 Å². The molecule has 0 saturated carbocycles. The Balaban J connectivity index is 3.08. The van der Waals surface area contributed by atoms with Crippen molar-refractivity contribution < 1.29 is 9.72 Å². The van der Waals surface area contributed by atoms with Crippen LogP contribution in [0.1, 0.15) is 23.7 Å². The van der Waals surface area contributed by atoms with Crippen LogP contribution < -0.4 is 16.6 Å². The molecule has 1 aromatic carbocycles. The van der Waals surface area contributed by atoms with E-state index in [0.29, 0.717) is 0 Å². The normalized spacial score (nSPS) is 11.8. The van der Waals surface area contributed by atoms with E-state index in [4.69, 9.17) is 17.4 Å². The van der Waals surface area contributed by atoms with Crippen LogP contribution in [0.25, 0.3) is 0 Å². The van der Waals surface area contributed by atoms with Gasteiger partial charge in [0, 0.05) is 23.4 Å². The third kappa shape index (κ3) is 4.48. The number of rotatable bonds is 7. The number of thioether (sulfide) groups is 1. The molecule has 1 rings (SSSR count). The maximum absolute atomic E-state index is 12.2. The quantitative estimate of drug-likeness (QED) is 0.402. The topological polar surface area (TPSA) is 110 Å². The number of nitrogens with zero attached hydrogens (tertiary/aromatic N) is 1. The minimum absolute atomic E-state index is 0.00218. The number of carbonyl (C=O) groups excluding carboxylic acids is 1. The van der Waals surface area contributed by atoms with Crippen molar-refractivity contribution in [2.75, 3.05) is 17.4 Å². The predicted molar refractivity (Wildman–Crippen MR) is 85.8 cm³/mol. The van der Waals surface area contributed by atoms with Gasteiger partial charge in [0.2, 0.25) is 0 Å². The molecule has 0 spiro atoms. The molecule has 0 aliphatic carbocycles. The number of benzene rings is 1. The maximum Gasteiger partial charge on any atom is 0.295 e. The molecule has 0 aliphatic rings. The lowest BCUT2D eigenvalue weighted by Crippen LogP contribution is -2.36. The van der Waals surface area contributed by atoms with E-state index in [-0.39, 0.29) is 28.0 Å². The van der Waals surface area contributed by atoms with Crippen molar-refractivity contribution in [1.29, 1.82) is 0 Å². The van der Waals surface area contributed by atoms with Crippen molar-refractivity contribution in [2.45, 2.75) is 19.4 Å². The molecular weight excluding hydrogens is 316 g/mol. The van der Waals surface area contributed by atoms with Crippen LogP contribution in [-0.2, 0) is 0 Å². The zero-order chi connectivity index (χ0) is 16.0. The first-order chi connectivity index (χ1) is 9.94. The molecule has 0 heterocycles. The second-order valence-corrected chi connectivity index (χ2v) is 5.61. The number of hydrogen-bond acceptors (Lipinski definition) is 6. The summed E-state index contributed by atoms with van der Waals surface area (Å²) in [4.78, 5) is 22.5. The fraction of sp³-hybridized carbons (Fsp3) is 0.417. The molecule has 0 saturated heterocycles. The lowest BCUT2D eigenvalue weighted by Gasteiger charge is -2.16. The van der Waals surface area contributed by atoms with Crippen molar-refractivity contribution in [1.82, 2.24) is 5.32 Å². The number of amides is 1. The van der Waals surface area contributed by atoms with Crippen molar-refractivity contribution in [3.05, 3.63) is 32.8 Å². The molecule has 0 radical (unpaired) electrons. The van der Waals surface area contributed by atoms with Gasteiger partial charge < -0.3 is 10.7 Å². The zero-order valence-electron chi connectivity index (χ0n) is 11.7. The summed E-state index contributed by atoms with van der Waals surface area (Å²) in [6, 6.07) is 2.50. The third-order valence-corrected chi connectivity index (χ3v) is 3.90. The Hall–Kier alpha value is -1.51. The minimum atomic E-state index is -0.642. The Morgan fingerprint density at radius 2 is 2.24 bits per heavy atom. The molecule has 21 heavy (non-hydrogen) atoms. The average Bonchev–Trinajstić information content (AvgIpc) is 2.45. The van der Waals surface area contributed by atoms with Crippen molar-refractivity contribution in [2.24, 2.45) is 5.84 Å². The zero-order valence-corrected chi connectivity index (χ0v) is 13.3. The molecule has 7 nitrogen and oxygen atoms in total.